The van der Waals surface area contributed by atoms with E-state index in [0.29, 0.717) is 45.4 Å². The summed E-state index contributed by atoms with van der Waals surface area (Å²) in [7, 11) is 0. The fourth-order valence-electron chi connectivity index (χ4n) is 4.48. The number of nitrogens with zero attached hydrogens (tertiary/aromatic N) is 3. The normalized spacial score (nSPS) is 15.9. The van der Waals surface area contributed by atoms with Crippen molar-refractivity contribution < 1.29 is 13.6 Å². The molecular formula is C27H21N3O3. The van der Waals surface area contributed by atoms with Gasteiger partial charge in [0.25, 0.3) is 5.91 Å². The van der Waals surface area contributed by atoms with E-state index in [-0.39, 0.29) is 5.91 Å². The Morgan fingerprint density at radius 1 is 0.818 bits per heavy atom. The number of fused-ring (bicyclic) bond motifs is 1. The molecule has 3 aromatic heterocycles. The molecule has 0 spiro atoms. The number of carbonyl (C=O) groups excluding carboxylic acids is 1. The summed E-state index contributed by atoms with van der Waals surface area (Å²) in [6, 6.07) is 23.2. The van der Waals surface area contributed by atoms with Gasteiger partial charge in [-0.1, -0.05) is 30.3 Å². The lowest BCUT2D eigenvalue weighted by molar-refractivity contribution is 0.0791. The number of furan rings is 2. The van der Waals surface area contributed by atoms with Gasteiger partial charge in [-0.05, 0) is 54.4 Å². The summed E-state index contributed by atoms with van der Waals surface area (Å²) in [5.41, 5.74) is 4.41. The van der Waals surface area contributed by atoms with E-state index < -0.39 is 0 Å². The molecule has 1 aliphatic rings. The fourth-order valence-corrected chi connectivity index (χ4v) is 4.48. The minimum atomic E-state index is 0.0202. The van der Waals surface area contributed by atoms with Crippen molar-refractivity contribution in [1.82, 2.24) is 14.9 Å². The summed E-state index contributed by atoms with van der Waals surface area (Å²) < 4.78 is 11.2. The molecule has 6 nitrogen and oxygen atoms in total. The Balaban J connectivity index is 1.34. The van der Waals surface area contributed by atoms with Crippen molar-refractivity contribution in [3.05, 3.63) is 96.4 Å². The third-order valence-corrected chi connectivity index (χ3v) is 6.17. The minimum Gasteiger partial charge on any atom is -0.463 e. The predicted molar refractivity (Wildman–Crippen MR) is 125 cm³/mol. The third kappa shape index (κ3) is 3.59. The zero-order valence-corrected chi connectivity index (χ0v) is 17.8. The van der Waals surface area contributed by atoms with Crippen molar-refractivity contribution in [1.29, 1.82) is 0 Å². The minimum absolute atomic E-state index is 0.0202. The van der Waals surface area contributed by atoms with Crippen LogP contribution in [0.15, 0.2) is 94.2 Å². The topological polar surface area (TPSA) is 72.4 Å². The Labute approximate surface area is 190 Å². The predicted octanol–water partition coefficient (Wildman–Crippen LogP) is 5.78. The lowest BCUT2D eigenvalue weighted by atomic mass is 9.99. The van der Waals surface area contributed by atoms with Crippen molar-refractivity contribution in [2.45, 2.75) is 12.3 Å². The second-order valence-electron chi connectivity index (χ2n) is 8.23. The SMILES string of the molecule is O=C(c1ccc2nc(-c3ccco3)c(-c3ccco3)nc2c1)N1CCC(c2ccccc2)C1. The van der Waals surface area contributed by atoms with Gasteiger partial charge in [-0.25, -0.2) is 9.97 Å². The summed E-state index contributed by atoms with van der Waals surface area (Å²) in [6.07, 6.45) is 4.18. The van der Waals surface area contributed by atoms with E-state index in [4.69, 9.17) is 18.8 Å². The molecule has 1 aliphatic heterocycles. The maximum atomic E-state index is 13.3. The number of aromatic nitrogens is 2. The highest BCUT2D eigenvalue weighted by Gasteiger charge is 2.28. The molecule has 0 bridgehead atoms. The van der Waals surface area contributed by atoms with Crippen LogP contribution in [0.4, 0.5) is 0 Å². The zero-order valence-electron chi connectivity index (χ0n) is 17.8. The molecule has 6 heteroatoms. The van der Waals surface area contributed by atoms with Crippen LogP contribution in [0.25, 0.3) is 33.9 Å². The zero-order chi connectivity index (χ0) is 22.2. The van der Waals surface area contributed by atoms with Crippen molar-refractivity contribution in [2.75, 3.05) is 13.1 Å². The molecule has 0 aliphatic carbocycles. The Morgan fingerprint density at radius 3 is 2.18 bits per heavy atom. The van der Waals surface area contributed by atoms with E-state index in [0.717, 1.165) is 19.5 Å². The second kappa shape index (κ2) is 8.06. The number of benzene rings is 2. The van der Waals surface area contributed by atoms with Gasteiger partial charge in [0.1, 0.15) is 11.4 Å². The van der Waals surface area contributed by atoms with Gasteiger partial charge < -0.3 is 13.7 Å². The largest absolute Gasteiger partial charge is 0.463 e. The van der Waals surface area contributed by atoms with Crippen LogP contribution in [0.1, 0.15) is 28.3 Å². The maximum Gasteiger partial charge on any atom is 0.253 e. The van der Waals surface area contributed by atoms with Gasteiger partial charge in [0.05, 0.1) is 23.6 Å². The van der Waals surface area contributed by atoms with Gasteiger partial charge in [-0.3, -0.25) is 4.79 Å². The van der Waals surface area contributed by atoms with Crippen molar-refractivity contribution in [3.8, 4) is 22.9 Å². The maximum absolute atomic E-state index is 13.3. The van der Waals surface area contributed by atoms with Gasteiger partial charge >= 0.3 is 0 Å². The molecule has 1 fully saturated rings. The number of hydrogen-bond donors (Lipinski definition) is 0. The first-order valence-electron chi connectivity index (χ1n) is 11.0. The molecular weight excluding hydrogens is 414 g/mol. The fraction of sp³-hybridized carbons (Fsp3) is 0.148. The molecule has 1 atom stereocenters. The van der Waals surface area contributed by atoms with Crippen LogP contribution < -0.4 is 0 Å². The Hall–Kier alpha value is -4.19. The number of hydrogen-bond acceptors (Lipinski definition) is 5. The number of carbonyl (C=O) groups is 1. The lowest BCUT2D eigenvalue weighted by Gasteiger charge is -2.17. The van der Waals surface area contributed by atoms with E-state index in [2.05, 4.69) is 24.3 Å². The van der Waals surface area contributed by atoms with E-state index in [9.17, 15) is 4.79 Å². The molecule has 1 unspecified atom stereocenters. The smallest absolute Gasteiger partial charge is 0.253 e. The average molecular weight is 435 g/mol. The second-order valence-corrected chi connectivity index (χ2v) is 8.23. The van der Waals surface area contributed by atoms with Gasteiger partial charge in [0.15, 0.2) is 11.5 Å². The van der Waals surface area contributed by atoms with Gasteiger partial charge in [-0.2, -0.15) is 0 Å². The highest BCUT2D eigenvalue weighted by Crippen LogP contribution is 2.32. The molecule has 162 valence electrons. The lowest BCUT2D eigenvalue weighted by Crippen LogP contribution is -2.28. The Morgan fingerprint density at radius 2 is 1.52 bits per heavy atom. The molecule has 0 radical (unpaired) electrons. The summed E-state index contributed by atoms with van der Waals surface area (Å²) >= 11 is 0. The standard InChI is InChI=1S/C27H21N3O3/c31-27(30-13-12-20(17-30)18-6-2-1-3-7-18)19-10-11-21-22(16-19)29-26(24-9-5-15-33-24)25(28-21)23-8-4-14-32-23/h1-11,14-16,20H,12-13,17H2. The monoisotopic (exact) mass is 435 g/mol. The highest BCUT2D eigenvalue weighted by molar-refractivity contribution is 5.98. The molecule has 2 aromatic carbocycles. The first-order chi connectivity index (χ1) is 16.3. The summed E-state index contributed by atoms with van der Waals surface area (Å²) in [5.74, 6) is 1.60. The first kappa shape index (κ1) is 19.5. The quantitative estimate of drug-likeness (QED) is 0.358. The van der Waals surface area contributed by atoms with Crippen LogP contribution in [0.5, 0.6) is 0 Å². The van der Waals surface area contributed by atoms with E-state index in [1.54, 1.807) is 12.5 Å². The molecule has 4 heterocycles. The van der Waals surface area contributed by atoms with Crippen LogP contribution in [0, 0.1) is 0 Å². The first-order valence-corrected chi connectivity index (χ1v) is 11.0. The van der Waals surface area contributed by atoms with Crippen LogP contribution in [0.2, 0.25) is 0 Å². The van der Waals surface area contributed by atoms with Gasteiger partial charge in [-0.15, -0.1) is 0 Å². The van der Waals surface area contributed by atoms with Crippen LogP contribution in [-0.2, 0) is 0 Å². The van der Waals surface area contributed by atoms with Crippen molar-refractivity contribution >= 4 is 16.9 Å². The number of rotatable bonds is 4. The molecule has 1 saturated heterocycles. The number of amides is 1. The molecule has 1 amide bonds. The number of likely N-dealkylation sites (tertiary alicyclic amines) is 1. The summed E-state index contributed by atoms with van der Waals surface area (Å²) in [5, 5.41) is 0. The van der Waals surface area contributed by atoms with E-state index >= 15 is 0 Å². The Kier molecular flexibility index (Phi) is 4.76. The van der Waals surface area contributed by atoms with E-state index in [1.165, 1.54) is 5.56 Å². The molecule has 0 N–H and O–H groups in total. The average Bonchev–Trinajstić information content (AvgIpc) is 3.65. The van der Waals surface area contributed by atoms with Crippen molar-refractivity contribution in [3.63, 3.8) is 0 Å². The van der Waals surface area contributed by atoms with E-state index in [1.807, 2.05) is 53.4 Å². The summed E-state index contributed by atoms with van der Waals surface area (Å²) in [6.45, 7) is 1.47. The molecule has 0 saturated carbocycles. The highest BCUT2D eigenvalue weighted by atomic mass is 16.3. The van der Waals surface area contributed by atoms with Crippen LogP contribution >= 0.6 is 0 Å². The summed E-state index contributed by atoms with van der Waals surface area (Å²) in [4.78, 5) is 24.8. The Bertz CT molecular complexity index is 1410. The van der Waals surface area contributed by atoms with Gasteiger partial charge in [0.2, 0.25) is 0 Å². The van der Waals surface area contributed by atoms with Crippen LogP contribution in [0.3, 0.4) is 0 Å². The molecule has 5 aromatic rings. The van der Waals surface area contributed by atoms with Crippen molar-refractivity contribution in [2.24, 2.45) is 0 Å². The molecule has 33 heavy (non-hydrogen) atoms. The van der Waals surface area contributed by atoms with Gasteiger partial charge in [0, 0.05) is 24.6 Å². The molecule has 6 rings (SSSR count). The van der Waals surface area contributed by atoms with Crippen LogP contribution in [-0.4, -0.2) is 33.9 Å². The third-order valence-electron chi connectivity index (χ3n) is 6.17.